The van der Waals surface area contributed by atoms with Crippen molar-refractivity contribution in [2.45, 2.75) is 26.7 Å². The third kappa shape index (κ3) is 4.18. The number of rotatable bonds is 3. The van der Waals surface area contributed by atoms with Gasteiger partial charge in [-0.25, -0.2) is 4.79 Å². The SMILES string of the molecule is Cc1ccc(N2CCN(C(=O)C3CCN(c4cc(=O)n(C)c(=O)n4C)CC3)CC2)c(C)c1. The second-order valence-electron chi connectivity index (χ2n) is 9.10. The molecule has 8 heteroatoms. The number of piperazine rings is 1. The van der Waals surface area contributed by atoms with Crippen molar-refractivity contribution in [2.24, 2.45) is 20.0 Å². The number of piperidine rings is 1. The summed E-state index contributed by atoms with van der Waals surface area (Å²) >= 11 is 0. The van der Waals surface area contributed by atoms with Gasteiger partial charge in [-0.15, -0.1) is 0 Å². The summed E-state index contributed by atoms with van der Waals surface area (Å²) in [4.78, 5) is 43.9. The topological polar surface area (TPSA) is 70.8 Å². The van der Waals surface area contributed by atoms with Crippen LogP contribution in [0.1, 0.15) is 24.0 Å². The van der Waals surface area contributed by atoms with E-state index in [2.05, 4.69) is 36.9 Å². The molecule has 1 aromatic carbocycles. The Balaban J connectivity index is 1.35. The molecule has 32 heavy (non-hydrogen) atoms. The van der Waals surface area contributed by atoms with Crippen LogP contribution in [0.3, 0.4) is 0 Å². The molecular weight excluding hydrogens is 406 g/mol. The highest BCUT2D eigenvalue weighted by molar-refractivity contribution is 5.79. The Kier molecular flexibility index (Phi) is 6.13. The average Bonchev–Trinajstić information content (AvgIpc) is 2.80. The molecule has 0 N–H and O–H groups in total. The van der Waals surface area contributed by atoms with E-state index in [0.717, 1.165) is 43.6 Å². The van der Waals surface area contributed by atoms with E-state index >= 15 is 0 Å². The van der Waals surface area contributed by atoms with Crippen LogP contribution in [0.4, 0.5) is 11.5 Å². The number of anilines is 2. The number of hydrogen-bond acceptors (Lipinski definition) is 5. The van der Waals surface area contributed by atoms with E-state index in [4.69, 9.17) is 0 Å². The van der Waals surface area contributed by atoms with Crippen molar-refractivity contribution in [1.29, 1.82) is 0 Å². The fraction of sp³-hybridized carbons (Fsp3) is 0.542. The van der Waals surface area contributed by atoms with Crippen LogP contribution in [-0.4, -0.2) is 59.2 Å². The van der Waals surface area contributed by atoms with Gasteiger partial charge >= 0.3 is 5.69 Å². The van der Waals surface area contributed by atoms with Gasteiger partial charge in [0.2, 0.25) is 5.91 Å². The zero-order chi connectivity index (χ0) is 23.0. The first-order chi connectivity index (χ1) is 15.3. The molecular formula is C24H33N5O3. The van der Waals surface area contributed by atoms with Crippen LogP contribution in [0, 0.1) is 19.8 Å². The Morgan fingerprint density at radius 3 is 2.12 bits per heavy atom. The van der Waals surface area contributed by atoms with E-state index < -0.39 is 0 Å². The standard InChI is InChI=1S/C24H33N5O3/c1-17-5-6-20(18(2)15-17)27-11-13-29(14-12-27)23(31)19-7-9-28(10-8-19)21-16-22(30)26(4)24(32)25(21)3/h5-6,15-16,19H,7-14H2,1-4H3. The smallest absolute Gasteiger partial charge is 0.332 e. The van der Waals surface area contributed by atoms with Crippen molar-refractivity contribution in [3.63, 3.8) is 0 Å². The summed E-state index contributed by atoms with van der Waals surface area (Å²) in [6.45, 7) is 8.78. The van der Waals surface area contributed by atoms with E-state index in [-0.39, 0.29) is 23.1 Å². The third-order valence-corrected chi connectivity index (χ3v) is 6.95. The lowest BCUT2D eigenvalue weighted by Gasteiger charge is -2.40. The first-order valence-electron chi connectivity index (χ1n) is 11.4. The molecule has 2 saturated heterocycles. The summed E-state index contributed by atoms with van der Waals surface area (Å²) in [5, 5.41) is 0. The van der Waals surface area contributed by atoms with E-state index in [1.807, 2.05) is 9.80 Å². The average molecular weight is 440 g/mol. The molecule has 0 spiro atoms. The van der Waals surface area contributed by atoms with Gasteiger partial charge in [0.05, 0.1) is 0 Å². The first kappa shape index (κ1) is 22.2. The van der Waals surface area contributed by atoms with Gasteiger partial charge in [0.1, 0.15) is 5.82 Å². The number of aryl methyl sites for hydroxylation is 2. The molecule has 0 unspecified atom stereocenters. The molecule has 4 rings (SSSR count). The van der Waals surface area contributed by atoms with Crippen molar-refractivity contribution in [1.82, 2.24) is 14.0 Å². The van der Waals surface area contributed by atoms with Crippen LogP contribution in [0.5, 0.6) is 0 Å². The Morgan fingerprint density at radius 1 is 0.844 bits per heavy atom. The second kappa shape index (κ2) is 8.84. The van der Waals surface area contributed by atoms with Crippen LogP contribution >= 0.6 is 0 Å². The van der Waals surface area contributed by atoms with Gasteiger partial charge < -0.3 is 14.7 Å². The summed E-state index contributed by atoms with van der Waals surface area (Å²) < 4.78 is 2.62. The predicted octanol–water partition coefficient (Wildman–Crippen LogP) is 1.27. The molecule has 1 aromatic heterocycles. The maximum absolute atomic E-state index is 13.2. The Bertz CT molecular complexity index is 1120. The van der Waals surface area contributed by atoms with E-state index in [9.17, 15) is 14.4 Å². The van der Waals surface area contributed by atoms with Crippen LogP contribution in [0.15, 0.2) is 33.9 Å². The zero-order valence-electron chi connectivity index (χ0n) is 19.5. The summed E-state index contributed by atoms with van der Waals surface area (Å²) in [6.07, 6.45) is 1.47. The number of carbonyl (C=O) groups is 1. The minimum atomic E-state index is -0.326. The quantitative estimate of drug-likeness (QED) is 0.720. The summed E-state index contributed by atoms with van der Waals surface area (Å²) in [5.74, 6) is 0.872. The Labute approximate surface area is 188 Å². The van der Waals surface area contributed by atoms with Crippen LogP contribution < -0.4 is 21.0 Å². The van der Waals surface area contributed by atoms with Gasteiger partial charge in [-0.3, -0.25) is 18.7 Å². The Hall–Kier alpha value is -3.03. The number of benzene rings is 1. The highest BCUT2D eigenvalue weighted by atomic mass is 16.2. The molecule has 0 aliphatic carbocycles. The molecule has 3 heterocycles. The van der Waals surface area contributed by atoms with Gasteiger partial charge in [0, 0.05) is 71.0 Å². The zero-order valence-corrected chi connectivity index (χ0v) is 19.5. The van der Waals surface area contributed by atoms with Gasteiger partial charge in [-0.2, -0.15) is 0 Å². The van der Waals surface area contributed by atoms with Gasteiger partial charge in [0.15, 0.2) is 0 Å². The first-order valence-corrected chi connectivity index (χ1v) is 11.4. The molecule has 0 bridgehead atoms. The van der Waals surface area contributed by atoms with Crippen molar-refractivity contribution in [2.75, 3.05) is 49.1 Å². The molecule has 2 aliphatic rings. The number of hydrogen-bond donors (Lipinski definition) is 0. The van der Waals surface area contributed by atoms with Gasteiger partial charge in [-0.1, -0.05) is 17.7 Å². The molecule has 0 atom stereocenters. The van der Waals surface area contributed by atoms with E-state index in [0.29, 0.717) is 18.9 Å². The second-order valence-corrected chi connectivity index (χ2v) is 9.10. The molecule has 0 radical (unpaired) electrons. The highest BCUT2D eigenvalue weighted by Gasteiger charge is 2.31. The Morgan fingerprint density at radius 2 is 1.50 bits per heavy atom. The predicted molar refractivity (Wildman–Crippen MR) is 127 cm³/mol. The van der Waals surface area contributed by atoms with Gasteiger partial charge in [-0.05, 0) is 38.3 Å². The molecule has 2 aliphatic heterocycles. The lowest BCUT2D eigenvalue weighted by Crippen LogP contribution is -2.52. The lowest BCUT2D eigenvalue weighted by molar-refractivity contribution is -0.136. The number of amides is 1. The fourth-order valence-electron chi connectivity index (χ4n) is 4.97. The van der Waals surface area contributed by atoms with Crippen molar-refractivity contribution in [3.8, 4) is 0 Å². The van der Waals surface area contributed by atoms with Crippen LogP contribution in [-0.2, 0) is 18.9 Å². The normalized spacial score (nSPS) is 17.7. The number of aromatic nitrogens is 2. The molecule has 8 nitrogen and oxygen atoms in total. The van der Waals surface area contributed by atoms with E-state index in [1.165, 1.54) is 34.5 Å². The van der Waals surface area contributed by atoms with Gasteiger partial charge in [0.25, 0.3) is 5.56 Å². The largest absolute Gasteiger partial charge is 0.368 e. The monoisotopic (exact) mass is 439 g/mol. The fourth-order valence-corrected chi connectivity index (χ4v) is 4.97. The molecule has 2 fully saturated rings. The molecule has 0 saturated carbocycles. The summed E-state index contributed by atoms with van der Waals surface area (Å²) in [6, 6.07) is 8.04. The van der Waals surface area contributed by atoms with Crippen LogP contribution in [0.25, 0.3) is 0 Å². The number of carbonyl (C=O) groups excluding carboxylic acids is 1. The number of nitrogens with zero attached hydrogens (tertiary/aromatic N) is 5. The maximum atomic E-state index is 13.2. The van der Waals surface area contributed by atoms with Crippen molar-refractivity contribution < 1.29 is 4.79 Å². The minimum Gasteiger partial charge on any atom is -0.368 e. The van der Waals surface area contributed by atoms with E-state index in [1.54, 1.807) is 7.05 Å². The summed E-state index contributed by atoms with van der Waals surface area (Å²) in [5.41, 5.74) is 3.18. The minimum absolute atomic E-state index is 0.00230. The highest BCUT2D eigenvalue weighted by Crippen LogP contribution is 2.26. The van der Waals surface area contributed by atoms with Crippen molar-refractivity contribution >= 4 is 17.4 Å². The molecule has 2 aromatic rings. The third-order valence-electron chi connectivity index (χ3n) is 6.95. The molecule has 172 valence electrons. The summed E-state index contributed by atoms with van der Waals surface area (Å²) in [7, 11) is 3.17. The van der Waals surface area contributed by atoms with Crippen molar-refractivity contribution in [3.05, 3.63) is 56.2 Å². The maximum Gasteiger partial charge on any atom is 0.332 e. The lowest BCUT2D eigenvalue weighted by atomic mass is 9.95. The molecule has 1 amide bonds. The van der Waals surface area contributed by atoms with Crippen LogP contribution in [0.2, 0.25) is 0 Å².